The molecule has 0 saturated heterocycles. The van der Waals surface area contributed by atoms with E-state index in [9.17, 15) is 0 Å². The Kier molecular flexibility index (Phi) is 4.93. The minimum atomic E-state index is -0.944. The molecule has 0 N–H and O–H groups in total. The fraction of sp³-hybridized carbons (Fsp3) is 0.200. The molecule has 1 aromatic carbocycles. The van der Waals surface area contributed by atoms with Crippen molar-refractivity contribution in [1.82, 2.24) is 0 Å². The van der Waals surface area contributed by atoms with Crippen molar-refractivity contribution in [3.05, 3.63) is 42.5 Å². The second-order valence-corrected chi connectivity index (χ2v) is 10.3. The van der Waals surface area contributed by atoms with E-state index in [1.165, 1.54) is 15.1 Å². The molecule has 60 valence electrons. The molecule has 0 aliphatic carbocycles. The molecule has 2 heteroatoms. The van der Waals surface area contributed by atoms with Gasteiger partial charge in [-0.1, -0.05) is 0 Å². The van der Waals surface area contributed by atoms with Gasteiger partial charge in [0.2, 0.25) is 0 Å². The van der Waals surface area contributed by atoms with Gasteiger partial charge in [-0.2, -0.15) is 0 Å². The van der Waals surface area contributed by atoms with Crippen LogP contribution in [0.3, 0.4) is 0 Å². The van der Waals surface area contributed by atoms with Crippen molar-refractivity contribution in [2.75, 3.05) is 0 Å². The Morgan fingerprint density at radius 1 is 1.33 bits per heavy atom. The van der Waals surface area contributed by atoms with E-state index in [1.807, 2.05) is 18.2 Å². The van der Waals surface area contributed by atoms with Crippen molar-refractivity contribution in [2.24, 2.45) is 0 Å². The summed E-state index contributed by atoms with van der Waals surface area (Å²) in [6.45, 7) is 4.04. The molecule has 0 amide bonds. The zero-order valence-corrected chi connectivity index (χ0v) is 13.3. The molecule has 0 radical (unpaired) electrons. The van der Waals surface area contributed by atoms with E-state index in [4.69, 9.17) is 8.25 Å². The van der Waals surface area contributed by atoms with Crippen molar-refractivity contribution in [2.45, 2.75) is 10.4 Å². The standard InChI is InChI=1S/C10H11.ClH.Hg/c1-3-9(2)10-7-5-4-6-8-10;;/h4-8H,1-3H2;1H;/q;;+1/p-1. The summed E-state index contributed by atoms with van der Waals surface area (Å²) >= 11 is -0.944. The van der Waals surface area contributed by atoms with Crippen LogP contribution in [0.1, 0.15) is 12.0 Å². The number of halogens is 1. The molecule has 0 bridgehead atoms. The van der Waals surface area contributed by atoms with Gasteiger partial charge in [-0.25, -0.2) is 0 Å². The Labute approximate surface area is 89.5 Å². The molecular formula is C10H11ClHg. The molecular weight excluding hydrogens is 356 g/mol. The average Bonchev–Trinajstić information content (AvgIpc) is 2.15. The third-order valence-electron chi connectivity index (χ3n) is 1.79. The molecule has 1 rings (SSSR count). The summed E-state index contributed by atoms with van der Waals surface area (Å²) in [5, 5.41) is 0. The zero-order chi connectivity index (χ0) is 8.81. The first-order chi connectivity index (χ1) is 5.84. The Morgan fingerprint density at radius 3 is 2.58 bits per heavy atom. The van der Waals surface area contributed by atoms with E-state index in [-0.39, 0.29) is 0 Å². The summed E-state index contributed by atoms with van der Waals surface area (Å²) in [4.78, 5) is 0. The summed E-state index contributed by atoms with van der Waals surface area (Å²) in [6, 6.07) is 10.3. The first-order valence-corrected chi connectivity index (χ1v) is 14.8. The fourth-order valence-corrected chi connectivity index (χ4v) is 4.45. The summed E-state index contributed by atoms with van der Waals surface area (Å²) in [6.07, 6.45) is 1.09. The first kappa shape index (κ1) is 10.3. The Balaban J connectivity index is 2.54. The van der Waals surface area contributed by atoms with E-state index < -0.39 is 23.3 Å². The van der Waals surface area contributed by atoms with Crippen molar-refractivity contribution >= 4 is 13.8 Å². The third-order valence-corrected chi connectivity index (χ3v) is 6.55. The minimum absolute atomic E-state index is 0.944. The third kappa shape index (κ3) is 3.28. The molecule has 0 saturated carbocycles. The topological polar surface area (TPSA) is 0 Å². The van der Waals surface area contributed by atoms with Crippen molar-refractivity contribution < 1.29 is 23.3 Å². The molecule has 0 nitrogen and oxygen atoms in total. The monoisotopic (exact) mass is 368 g/mol. The normalized spacial score (nSPS) is 9.08. The van der Waals surface area contributed by atoms with E-state index in [1.54, 1.807) is 0 Å². The quantitative estimate of drug-likeness (QED) is 0.712. The van der Waals surface area contributed by atoms with Gasteiger partial charge in [-0.15, -0.1) is 0 Å². The molecule has 1 aromatic rings. The summed E-state index contributed by atoms with van der Waals surface area (Å²) in [5.74, 6) is 0. The van der Waals surface area contributed by atoms with Gasteiger partial charge in [0.15, 0.2) is 0 Å². The SMILES string of the molecule is C=C(C[CH2][Hg][Cl])c1ccccc1. The van der Waals surface area contributed by atoms with Crippen LogP contribution in [0.4, 0.5) is 0 Å². The molecule has 0 aromatic heterocycles. The van der Waals surface area contributed by atoms with Gasteiger partial charge in [-0.3, -0.25) is 0 Å². The van der Waals surface area contributed by atoms with E-state index >= 15 is 0 Å². The number of allylic oxidation sites excluding steroid dienone is 1. The van der Waals surface area contributed by atoms with Crippen molar-refractivity contribution in [1.29, 1.82) is 0 Å². The van der Waals surface area contributed by atoms with E-state index in [0.717, 1.165) is 6.42 Å². The molecule has 0 fully saturated rings. The fourth-order valence-electron chi connectivity index (χ4n) is 1.10. The average molecular weight is 367 g/mol. The predicted octanol–water partition coefficient (Wildman–Crippen LogP) is 3.74. The first-order valence-electron chi connectivity index (χ1n) is 4.14. The van der Waals surface area contributed by atoms with Crippen LogP contribution < -0.4 is 0 Å². The number of rotatable bonds is 4. The van der Waals surface area contributed by atoms with Gasteiger partial charge < -0.3 is 0 Å². The van der Waals surface area contributed by atoms with E-state index in [2.05, 4.69) is 18.7 Å². The predicted molar refractivity (Wildman–Crippen MR) is 50.8 cm³/mol. The molecule has 0 atom stereocenters. The Hall–Kier alpha value is 0.185. The number of benzene rings is 1. The van der Waals surface area contributed by atoms with Crippen molar-refractivity contribution in [3.63, 3.8) is 0 Å². The van der Waals surface area contributed by atoms with Gasteiger partial charge in [0.05, 0.1) is 0 Å². The summed E-state index contributed by atoms with van der Waals surface area (Å²) in [5.41, 5.74) is 2.49. The maximum absolute atomic E-state index is 5.81. The second-order valence-electron chi connectivity index (χ2n) is 2.76. The van der Waals surface area contributed by atoms with Gasteiger partial charge in [0.25, 0.3) is 0 Å². The second kappa shape index (κ2) is 5.77. The van der Waals surface area contributed by atoms with Crippen LogP contribution >= 0.6 is 8.25 Å². The molecule has 12 heavy (non-hydrogen) atoms. The Bertz CT molecular complexity index is 243. The van der Waals surface area contributed by atoms with Crippen LogP contribution in [0.2, 0.25) is 3.93 Å². The molecule has 0 heterocycles. The van der Waals surface area contributed by atoms with Gasteiger partial charge >= 0.3 is 90.0 Å². The van der Waals surface area contributed by atoms with Gasteiger partial charge in [0, 0.05) is 0 Å². The van der Waals surface area contributed by atoms with Crippen LogP contribution in [-0.2, 0) is 23.3 Å². The molecule has 0 aliphatic heterocycles. The van der Waals surface area contributed by atoms with E-state index in [0.29, 0.717) is 0 Å². The zero-order valence-electron chi connectivity index (χ0n) is 7.09. The number of hydrogen-bond acceptors (Lipinski definition) is 0. The summed E-state index contributed by atoms with van der Waals surface area (Å²) in [7, 11) is 5.81. The Morgan fingerprint density at radius 2 is 2.00 bits per heavy atom. The molecule has 0 aliphatic rings. The van der Waals surface area contributed by atoms with Crippen molar-refractivity contribution in [3.8, 4) is 0 Å². The van der Waals surface area contributed by atoms with Crippen LogP contribution in [0.25, 0.3) is 5.57 Å². The van der Waals surface area contributed by atoms with Gasteiger partial charge in [-0.05, 0) is 0 Å². The maximum atomic E-state index is 5.81. The van der Waals surface area contributed by atoms with Crippen LogP contribution in [0, 0.1) is 0 Å². The summed E-state index contributed by atoms with van der Waals surface area (Å²) < 4.78 is 1.23. The molecule has 0 spiro atoms. The van der Waals surface area contributed by atoms with Crippen LogP contribution in [-0.4, -0.2) is 0 Å². The van der Waals surface area contributed by atoms with Crippen LogP contribution in [0.5, 0.6) is 0 Å². The van der Waals surface area contributed by atoms with Gasteiger partial charge in [0.1, 0.15) is 0 Å². The molecule has 0 unspecified atom stereocenters. The van der Waals surface area contributed by atoms with Crippen LogP contribution in [0.15, 0.2) is 36.9 Å². The number of hydrogen-bond donors (Lipinski definition) is 0.